The molecule has 0 spiro atoms. The molecule has 0 amide bonds. The van der Waals surface area contributed by atoms with Crippen LogP contribution in [0.3, 0.4) is 0 Å². The summed E-state index contributed by atoms with van der Waals surface area (Å²) in [6.07, 6.45) is 5.28. The van der Waals surface area contributed by atoms with Crippen LogP contribution in [0.25, 0.3) is 6.08 Å². The summed E-state index contributed by atoms with van der Waals surface area (Å²) in [5.41, 5.74) is 3.19. The summed E-state index contributed by atoms with van der Waals surface area (Å²) in [4.78, 5) is 19.4. The third kappa shape index (κ3) is 3.67. The summed E-state index contributed by atoms with van der Waals surface area (Å²) in [7, 11) is 3.18. The van der Waals surface area contributed by atoms with Crippen LogP contribution in [-0.4, -0.2) is 36.6 Å². The molecule has 0 bridgehead atoms. The molecule has 7 heteroatoms. The maximum atomic E-state index is 13.1. The second kappa shape index (κ2) is 8.36. The van der Waals surface area contributed by atoms with E-state index in [0.29, 0.717) is 48.2 Å². The maximum absolute atomic E-state index is 13.1. The molecule has 5 rings (SSSR count). The van der Waals surface area contributed by atoms with Crippen molar-refractivity contribution in [2.45, 2.75) is 13.1 Å². The zero-order valence-electron chi connectivity index (χ0n) is 17.8. The van der Waals surface area contributed by atoms with E-state index in [4.69, 9.17) is 18.9 Å². The first-order chi connectivity index (χ1) is 15.7. The highest BCUT2D eigenvalue weighted by Gasteiger charge is 2.33. The molecule has 0 N–H and O–H groups in total. The predicted molar refractivity (Wildman–Crippen MR) is 118 cm³/mol. The number of pyridine rings is 1. The number of carbonyl (C=O) groups is 1. The van der Waals surface area contributed by atoms with Crippen molar-refractivity contribution in [3.63, 3.8) is 0 Å². The van der Waals surface area contributed by atoms with Crippen molar-refractivity contribution in [1.82, 2.24) is 9.88 Å². The summed E-state index contributed by atoms with van der Waals surface area (Å²) in [5.74, 6) is 2.65. The zero-order valence-corrected chi connectivity index (χ0v) is 17.8. The van der Waals surface area contributed by atoms with Crippen LogP contribution in [0.1, 0.15) is 27.0 Å². The van der Waals surface area contributed by atoms with Gasteiger partial charge in [-0.1, -0.05) is 6.07 Å². The van der Waals surface area contributed by atoms with Gasteiger partial charge in [0.1, 0.15) is 29.7 Å². The van der Waals surface area contributed by atoms with Gasteiger partial charge in [-0.15, -0.1) is 0 Å². The van der Waals surface area contributed by atoms with Crippen molar-refractivity contribution >= 4 is 11.9 Å². The Hall–Kier alpha value is -3.84. The van der Waals surface area contributed by atoms with E-state index in [1.807, 2.05) is 24.4 Å². The fourth-order valence-corrected chi connectivity index (χ4v) is 3.95. The number of Topliss-reactive ketones (excluding diaryl/α,β-unsaturated/α-hetero) is 1. The van der Waals surface area contributed by atoms with Crippen LogP contribution in [0.4, 0.5) is 0 Å². The van der Waals surface area contributed by atoms with Gasteiger partial charge in [-0.3, -0.25) is 14.7 Å². The number of benzene rings is 2. The number of hydrogen-bond acceptors (Lipinski definition) is 7. The quantitative estimate of drug-likeness (QED) is 0.565. The van der Waals surface area contributed by atoms with Crippen LogP contribution in [0.2, 0.25) is 0 Å². The number of ether oxygens (including phenoxy) is 4. The molecule has 3 aromatic rings. The van der Waals surface area contributed by atoms with Crippen molar-refractivity contribution in [3.05, 3.63) is 82.9 Å². The normalized spacial score (nSPS) is 16.2. The number of fused-ring (bicyclic) bond motifs is 3. The molecule has 7 nitrogen and oxygen atoms in total. The number of aromatic nitrogens is 1. The van der Waals surface area contributed by atoms with Crippen LogP contribution < -0.4 is 18.9 Å². The number of nitrogens with zero attached hydrogens (tertiary/aromatic N) is 2. The highest BCUT2D eigenvalue weighted by atomic mass is 16.5. The largest absolute Gasteiger partial charge is 0.497 e. The topological polar surface area (TPSA) is 70.1 Å². The first-order valence-corrected chi connectivity index (χ1v) is 10.2. The van der Waals surface area contributed by atoms with Crippen LogP contribution in [0.5, 0.6) is 23.0 Å². The molecule has 0 radical (unpaired) electrons. The molecule has 0 saturated carbocycles. The lowest BCUT2D eigenvalue weighted by Crippen LogP contribution is -2.31. The smallest absolute Gasteiger partial charge is 0.231 e. The number of hydrogen-bond donors (Lipinski definition) is 0. The Morgan fingerprint density at radius 1 is 1.16 bits per heavy atom. The van der Waals surface area contributed by atoms with E-state index in [-0.39, 0.29) is 11.5 Å². The lowest BCUT2D eigenvalue weighted by molar-refractivity contribution is 0.0872. The molecule has 0 saturated heterocycles. The Bertz CT molecular complexity index is 1210. The molecule has 0 unspecified atom stereocenters. The Labute approximate surface area is 185 Å². The second-order valence-corrected chi connectivity index (χ2v) is 7.59. The van der Waals surface area contributed by atoms with Crippen LogP contribution >= 0.6 is 0 Å². The molecule has 1 aromatic heterocycles. The molecular weight excluding hydrogens is 408 g/mol. The number of carbonyl (C=O) groups excluding carboxylic acids is 1. The van der Waals surface area contributed by atoms with E-state index < -0.39 is 0 Å². The van der Waals surface area contributed by atoms with E-state index in [0.717, 1.165) is 16.9 Å². The molecule has 2 aliphatic heterocycles. The average molecular weight is 430 g/mol. The highest BCUT2D eigenvalue weighted by molar-refractivity contribution is 6.15. The van der Waals surface area contributed by atoms with Gasteiger partial charge in [0.25, 0.3) is 0 Å². The third-order valence-corrected chi connectivity index (χ3v) is 5.53. The predicted octanol–water partition coefficient (Wildman–Crippen LogP) is 4.07. The van der Waals surface area contributed by atoms with E-state index in [2.05, 4.69) is 9.88 Å². The first kappa shape index (κ1) is 20.1. The number of allylic oxidation sites excluding steroid dienone is 1. The van der Waals surface area contributed by atoms with Crippen molar-refractivity contribution in [3.8, 4) is 23.0 Å². The molecule has 162 valence electrons. The fraction of sp³-hybridized carbons (Fsp3) is 0.200. The molecular formula is C25H22N2O5. The van der Waals surface area contributed by atoms with Crippen molar-refractivity contribution < 1.29 is 23.7 Å². The van der Waals surface area contributed by atoms with E-state index in [1.165, 1.54) is 0 Å². The first-order valence-electron chi connectivity index (χ1n) is 10.2. The van der Waals surface area contributed by atoms with Gasteiger partial charge in [0.2, 0.25) is 5.78 Å². The van der Waals surface area contributed by atoms with Gasteiger partial charge in [0.05, 0.1) is 25.3 Å². The van der Waals surface area contributed by atoms with Gasteiger partial charge < -0.3 is 18.9 Å². The summed E-state index contributed by atoms with van der Waals surface area (Å²) in [5, 5.41) is 0. The Balaban J connectivity index is 1.45. The van der Waals surface area contributed by atoms with Crippen molar-refractivity contribution in [2.24, 2.45) is 0 Å². The Morgan fingerprint density at radius 2 is 2.06 bits per heavy atom. The SMILES string of the molecule is COc1ccc(OC)c(/C=C2\Oc3c(ccc4c3CN(Cc3cccnc3)CO4)C2=O)c1. The minimum absolute atomic E-state index is 0.169. The molecule has 2 aromatic carbocycles. The minimum Gasteiger partial charge on any atom is -0.497 e. The van der Waals surface area contributed by atoms with Crippen LogP contribution in [0, 0.1) is 0 Å². The summed E-state index contributed by atoms with van der Waals surface area (Å²) in [6, 6.07) is 12.9. The van der Waals surface area contributed by atoms with Gasteiger partial charge in [0, 0.05) is 31.0 Å². The summed E-state index contributed by atoms with van der Waals surface area (Å²) < 4.78 is 22.8. The van der Waals surface area contributed by atoms with Gasteiger partial charge in [-0.05, 0) is 48.0 Å². The maximum Gasteiger partial charge on any atom is 0.231 e. The lowest BCUT2D eigenvalue weighted by Gasteiger charge is -2.29. The molecule has 3 heterocycles. The third-order valence-electron chi connectivity index (χ3n) is 5.53. The Morgan fingerprint density at radius 3 is 2.84 bits per heavy atom. The average Bonchev–Trinajstić information content (AvgIpc) is 3.15. The second-order valence-electron chi connectivity index (χ2n) is 7.59. The lowest BCUT2D eigenvalue weighted by atomic mass is 10.0. The number of ketones is 1. The van der Waals surface area contributed by atoms with Crippen molar-refractivity contribution in [2.75, 3.05) is 21.0 Å². The summed E-state index contributed by atoms with van der Waals surface area (Å²) >= 11 is 0. The summed E-state index contributed by atoms with van der Waals surface area (Å²) in [6.45, 7) is 1.75. The highest BCUT2D eigenvalue weighted by Crippen LogP contribution is 2.42. The van der Waals surface area contributed by atoms with Crippen molar-refractivity contribution in [1.29, 1.82) is 0 Å². The van der Waals surface area contributed by atoms with E-state index in [1.54, 1.807) is 50.8 Å². The standard InChI is InChI=1S/C25H22N2O5/c1-29-18-5-7-21(30-2)17(10-18)11-23-24(28)19-6-8-22-20(25(19)32-23)14-27(15-31-22)13-16-4-3-9-26-12-16/h3-12H,13-15H2,1-2H3/b23-11-. The van der Waals surface area contributed by atoms with E-state index in [9.17, 15) is 4.79 Å². The van der Waals surface area contributed by atoms with Crippen LogP contribution in [-0.2, 0) is 13.1 Å². The number of rotatable bonds is 5. The Kier molecular flexibility index (Phi) is 5.25. The molecule has 0 atom stereocenters. The van der Waals surface area contributed by atoms with Gasteiger partial charge in [-0.25, -0.2) is 0 Å². The zero-order chi connectivity index (χ0) is 22.1. The van der Waals surface area contributed by atoms with Crippen LogP contribution in [0.15, 0.2) is 60.6 Å². The monoisotopic (exact) mass is 430 g/mol. The number of methoxy groups -OCH3 is 2. The van der Waals surface area contributed by atoms with E-state index >= 15 is 0 Å². The van der Waals surface area contributed by atoms with Gasteiger partial charge in [0.15, 0.2) is 5.76 Å². The fourth-order valence-electron chi connectivity index (χ4n) is 3.95. The molecule has 0 fully saturated rings. The molecule has 0 aliphatic carbocycles. The molecule has 32 heavy (non-hydrogen) atoms. The van der Waals surface area contributed by atoms with Gasteiger partial charge >= 0.3 is 0 Å². The minimum atomic E-state index is -0.169. The molecule has 2 aliphatic rings. The van der Waals surface area contributed by atoms with Gasteiger partial charge in [-0.2, -0.15) is 0 Å².